The molecule has 0 radical (unpaired) electrons. The van der Waals surface area contributed by atoms with E-state index in [0.29, 0.717) is 45.2 Å². The highest BCUT2D eigenvalue weighted by molar-refractivity contribution is 14.0. The number of guanidine groups is 1. The maximum atomic E-state index is 12.5. The van der Waals surface area contributed by atoms with Crippen LogP contribution < -0.4 is 10.1 Å². The van der Waals surface area contributed by atoms with Crippen LogP contribution in [0.5, 0.6) is 5.88 Å². The maximum Gasteiger partial charge on any atom is 0.218 e. The number of hydrogen-bond acceptors (Lipinski definition) is 6. The molecule has 1 aromatic heterocycles. The number of rotatable bonds is 10. The summed E-state index contributed by atoms with van der Waals surface area (Å²) in [4.78, 5) is 11.1. The van der Waals surface area contributed by atoms with Crippen LogP contribution in [-0.4, -0.2) is 86.4 Å². The van der Waals surface area contributed by atoms with Crippen LogP contribution in [0.4, 0.5) is 0 Å². The number of nitrogens with one attached hydrogen (secondary N) is 1. The molecular weight excluding hydrogens is 533 g/mol. The lowest BCUT2D eigenvalue weighted by Crippen LogP contribution is -2.54. The van der Waals surface area contributed by atoms with Crippen molar-refractivity contribution >= 4 is 40.0 Å². The van der Waals surface area contributed by atoms with E-state index in [2.05, 4.69) is 15.2 Å². The van der Waals surface area contributed by atoms with Gasteiger partial charge in [-0.25, -0.2) is 18.4 Å². The van der Waals surface area contributed by atoms with E-state index < -0.39 is 10.0 Å². The number of piperazine rings is 1. The second kappa shape index (κ2) is 14.1. The molecule has 1 saturated heterocycles. The van der Waals surface area contributed by atoms with E-state index in [1.54, 1.807) is 10.5 Å². The molecule has 0 aliphatic carbocycles. The topological polar surface area (TPSA) is 96.4 Å². The Morgan fingerprint density at radius 1 is 1.26 bits per heavy atom. The normalized spacial score (nSPS) is 15.6. The zero-order valence-electron chi connectivity index (χ0n) is 18.9. The summed E-state index contributed by atoms with van der Waals surface area (Å²) in [6, 6.07) is 3.82. The van der Waals surface area contributed by atoms with E-state index in [1.807, 2.05) is 39.8 Å². The predicted octanol–water partition coefficient (Wildman–Crippen LogP) is 1.94. The van der Waals surface area contributed by atoms with Crippen molar-refractivity contribution in [3.8, 4) is 5.88 Å². The number of halogens is 1. The summed E-state index contributed by atoms with van der Waals surface area (Å²) in [6.07, 6.45) is 1.73. The fraction of sp³-hybridized carbons (Fsp3) is 0.700. The molecule has 31 heavy (non-hydrogen) atoms. The van der Waals surface area contributed by atoms with Gasteiger partial charge in [0, 0.05) is 44.5 Å². The van der Waals surface area contributed by atoms with Crippen LogP contribution >= 0.6 is 24.0 Å². The number of sulfonamides is 1. The Hall–Kier alpha value is -1.18. The van der Waals surface area contributed by atoms with Crippen LogP contribution in [0.25, 0.3) is 0 Å². The van der Waals surface area contributed by atoms with E-state index in [1.165, 1.54) is 0 Å². The monoisotopic (exact) mass is 569 g/mol. The number of nitrogens with zero attached hydrogens (tertiary/aromatic N) is 4. The van der Waals surface area contributed by atoms with Gasteiger partial charge in [0.1, 0.15) is 0 Å². The lowest BCUT2D eigenvalue weighted by atomic mass is 10.3. The third kappa shape index (κ3) is 9.07. The van der Waals surface area contributed by atoms with Crippen LogP contribution in [0.2, 0.25) is 0 Å². The summed E-state index contributed by atoms with van der Waals surface area (Å²) in [6.45, 7) is 11.7. The van der Waals surface area contributed by atoms with Crippen molar-refractivity contribution < 1.29 is 17.9 Å². The Bertz CT molecular complexity index is 784. The number of pyridine rings is 1. The molecule has 0 spiro atoms. The van der Waals surface area contributed by atoms with Gasteiger partial charge in [-0.05, 0) is 33.8 Å². The van der Waals surface area contributed by atoms with Crippen molar-refractivity contribution in [2.45, 2.75) is 40.3 Å². The third-order valence-corrected chi connectivity index (χ3v) is 6.42. The lowest BCUT2D eigenvalue weighted by molar-refractivity contribution is 0.0904. The zero-order chi connectivity index (χ0) is 22.0. The molecule has 1 aliphatic heterocycles. The maximum absolute atomic E-state index is 12.5. The Balaban J connectivity index is 0.00000480. The highest BCUT2D eigenvalue weighted by atomic mass is 127. The van der Waals surface area contributed by atoms with Gasteiger partial charge in [-0.3, -0.25) is 0 Å². The van der Waals surface area contributed by atoms with Crippen LogP contribution in [0.15, 0.2) is 23.3 Å². The molecule has 1 aliphatic rings. The summed E-state index contributed by atoms with van der Waals surface area (Å²) in [5.74, 6) is 1.38. The second-order valence-corrected chi connectivity index (χ2v) is 9.28. The third-order valence-electron chi connectivity index (χ3n) is 4.59. The molecule has 11 heteroatoms. The van der Waals surface area contributed by atoms with Gasteiger partial charge in [0.2, 0.25) is 15.9 Å². The highest BCUT2D eigenvalue weighted by Crippen LogP contribution is 2.16. The lowest BCUT2D eigenvalue weighted by Gasteiger charge is -2.36. The van der Waals surface area contributed by atoms with Gasteiger partial charge < -0.3 is 19.7 Å². The number of hydrogen-bond donors (Lipinski definition) is 1. The zero-order valence-corrected chi connectivity index (χ0v) is 22.1. The minimum Gasteiger partial charge on any atom is -0.478 e. The standard InChI is InChI=1S/C20H35N5O4S.HI/c1-5-21-20(23-16-18-8-7-9-22-19(18)28-6-2)24-10-12-25(13-11-24)30(26,27)15-14-29-17(3)4;/h7-9,17H,5-6,10-16H2,1-4H3,(H,21,23);1H. The van der Waals surface area contributed by atoms with Crippen molar-refractivity contribution in [2.24, 2.45) is 4.99 Å². The van der Waals surface area contributed by atoms with Crippen molar-refractivity contribution in [1.29, 1.82) is 0 Å². The minimum atomic E-state index is -3.31. The number of ether oxygens (including phenoxy) is 2. The molecule has 1 fully saturated rings. The summed E-state index contributed by atoms with van der Waals surface area (Å²) in [5, 5.41) is 3.30. The fourth-order valence-corrected chi connectivity index (χ4v) is 4.38. The van der Waals surface area contributed by atoms with E-state index >= 15 is 0 Å². The summed E-state index contributed by atoms with van der Waals surface area (Å²) in [7, 11) is -3.31. The first kappa shape index (κ1) is 27.9. The number of aromatic nitrogens is 1. The molecule has 0 aromatic carbocycles. The van der Waals surface area contributed by atoms with E-state index in [4.69, 9.17) is 14.5 Å². The molecule has 178 valence electrons. The van der Waals surface area contributed by atoms with Crippen LogP contribution in [0.1, 0.15) is 33.3 Å². The molecule has 0 unspecified atom stereocenters. The first-order valence-electron chi connectivity index (χ1n) is 10.6. The molecule has 1 aromatic rings. The summed E-state index contributed by atoms with van der Waals surface area (Å²) >= 11 is 0. The van der Waals surface area contributed by atoms with Crippen LogP contribution in [0, 0.1) is 0 Å². The highest BCUT2D eigenvalue weighted by Gasteiger charge is 2.28. The molecule has 2 heterocycles. The first-order valence-corrected chi connectivity index (χ1v) is 12.2. The molecule has 0 bridgehead atoms. The molecule has 0 amide bonds. The molecule has 0 saturated carbocycles. The van der Waals surface area contributed by atoms with Crippen molar-refractivity contribution in [3.05, 3.63) is 23.9 Å². The van der Waals surface area contributed by atoms with Gasteiger partial charge in [-0.2, -0.15) is 4.31 Å². The van der Waals surface area contributed by atoms with Gasteiger partial charge in [0.25, 0.3) is 0 Å². The van der Waals surface area contributed by atoms with Crippen molar-refractivity contribution in [3.63, 3.8) is 0 Å². The van der Waals surface area contributed by atoms with E-state index in [-0.39, 0.29) is 42.4 Å². The molecule has 2 rings (SSSR count). The Kier molecular flexibility index (Phi) is 12.6. The first-order chi connectivity index (χ1) is 14.4. The van der Waals surface area contributed by atoms with E-state index in [0.717, 1.165) is 18.1 Å². The van der Waals surface area contributed by atoms with Crippen LogP contribution in [0.3, 0.4) is 0 Å². The van der Waals surface area contributed by atoms with Gasteiger partial charge in [0.05, 0.1) is 31.6 Å². The molecule has 0 atom stereocenters. The van der Waals surface area contributed by atoms with Gasteiger partial charge in [-0.15, -0.1) is 24.0 Å². The largest absolute Gasteiger partial charge is 0.478 e. The molecular formula is C20H36IN5O4S. The fourth-order valence-electron chi connectivity index (χ4n) is 3.09. The Labute approximate surface area is 203 Å². The smallest absolute Gasteiger partial charge is 0.218 e. The van der Waals surface area contributed by atoms with Gasteiger partial charge in [0.15, 0.2) is 5.96 Å². The number of aliphatic imine (C=N–C) groups is 1. The quantitative estimate of drug-likeness (QED) is 0.262. The van der Waals surface area contributed by atoms with Gasteiger partial charge in [-0.1, -0.05) is 6.07 Å². The Morgan fingerprint density at radius 2 is 1.97 bits per heavy atom. The summed E-state index contributed by atoms with van der Waals surface area (Å²) < 4.78 is 37.6. The second-order valence-electron chi connectivity index (χ2n) is 7.19. The predicted molar refractivity (Wildman–Crippen MR) is 134 cm³/mol. The van der Waals surface area contributed by atoms with E-state index in [9.17, 15) is 8.42 Å². The van der Waals surface area contributed by atoms with Crippen molar-refractivity contribution in [1.82, 2.24) is 19.5 Å². The molecule has 9 nitrogen and oxygen atoms in total. The summed E-state index contributed by atoms with van der Waals surface area (Å²) in [5.41, 5.74) is 0.918. The Morgan fingerprint density at radius 3 is 2.58 bits per heavy atom. The average molecular weight is 570 g/mol. The SMILES string of the molecule is CCNC(=NCc1cccnc1OCC)N1CCN(S(=O)(=O)CCOC(C)C)CC1.I. The average Bonchev–Trinajstić information content (AvgIpc) is 2.72. The van der Waals surface area contributed by atoms with Crippen molar-refractivity contribution in [2.75, 3.05) is 51.7 Å². The van der Waals surface area contributed by atoms with Gasteiger partial charge >= 0.3 is 0 Å². The minimum absolute atomic E-state index is 0. The molecule has 1 N–H and O–H groups in total. The van der Waals surface area contributed by atoms with Crippen LogP contribution in [-0.2, 0) is 21.3 Å².